The highest BCUT2D eigenvalue weighted by atomic mass is 16.2. The molecule has 0 atom stereocenters. The Labute approximate surface area is 205 Å². The van der Waals surface area contributed by atoms with Gasteiger partial charge in [0.15, 0.2) is 11.4 Å². The van der Waals surface area contributed by atoms with E-state index in [1.54, 1.807) is 24.3 Å². The second kappa shape index (κ2) is 11.9. The van der Waals surface area contributed by atoms with E-state index < -0.39 is 11.6 Å². The van der Waals surface area contributed by atoms with Crippen LogP contribution in [0.2, 0.25) is 0 Å². The van der Waals surface area contributed by atoms with E-state index in [0.29, 0.717) is 12.5 Å². The van der Waals surface area contributed by atoms with Crippen LogP contribution in [0.5, 0.6) is 0 Å². The number of ketones is 2. The molecule has 0 saturated carbocycles. The first-order valence-electron chi connectivity index (χ1n) is 10.2. The maximum atomic E-state index is 12.7. The number of carbonyl (C=O) groups excluding carboxylic acids is 2. The number of aliphatic hydroxyl groups is 2. The standard InChI is InChI=1S/C26H16N6O4/c27-13-19-5-1-3-7-21(19)29-31-23(15-33)25(35)17-9-11-18(12-10-17)26(36)24(16-34)32-30-22-8-4-2-6-20(22)14-28/h1-12,15-16,33-34H/b23-15-,24-16+,31-29?,32-30?. The summed E-state index contributed by atoms with van der Waals surface area (Å²) in [5, 5.41) is 52.4. The van der Waals surface area contributed by atoms with Gasteiger partial charge in [-0.1, -0.05) is 48.5 Å². The van der Waals surface area contributed by atoms with E-state index >= 15 is 0 Å². The second-order valence-electron chi connectivity index (χ2n) is 6.92. The molecule has 0 spiro atoms. The summed E-state index contributed by atoms with van der Waals surface area (Å²) in [4.78, 5) is 25.4. The monoisotopic (exact) mass is 476 g/mol. The molecule has 174 valence electrons. The molecule has 0 amide bonds. The molecule has 2 N–H and O–H groups in total. The Morgan fingerprint density at radius 1 is 0.639 bits per heavy atom. The normalized spacial score (nSPS) is 11.8. The Hall–Kier alpha value is -5.74. The predicted octanol–water partition coefficient (Wildman–Crippen LogP) is 6.16. The van der Waals surface area contributed by atoms with Gasteiger partial charge in [-0.05, 0) is 24.3 Å². The molecule has 0 heterocycles. The molecule has 0 radical (unpaired) electrons. The lowest BCUT2D eigenvalue weighted by Crippen LogP contribution is -2.05. The maximum absolute atomic E-state index is 12.7. The number of carbonyl (C=O) groups is 2. The van der Waals surface area contributed by atoms with Crippen molar-refractivity contribution in [3.63, 3.8) is 0 Å². The molecule has 3 aromatic carbocycles. The van der Waals surface area contributed by atoms with Gasteiger partial charge in [-0.25, -0.2) is 0 Å². The van der Waals surface area contributed by atoms with E-state index in [-0.39, 0.29) is 45.0 Å². The fourth-order valence-electron chi connectivity index (χ4n) is 2.85. The zero-order chi connectivity index (χ0) is 25.9. The van der Waals surface area contributed by atoms with E-state index in [2.05, 4.69) is 20.5 Å². The minimum Gasteiger partial charge on any atom is -0.513 e. The number of hydrogen-bond donors (Lipinski definition) is 2. The van der Waals surface area contributed by atoms with Crippen molar-refractivity contribution in [1.29, 1.82) is 10.5 Å². The van der Waals surface area contributed by atoms with Crippen molar-refractivity contribution in [3.05, 3.63) is 119 Å². The quantitative estimate of drug-likeness (QED) is 0.170. The molecular weight excluding hydrogens is 460 g/mol. The molecule has 0 aliphatic heterocycles. The lowest BCUT2D eigenvalue weighted by molar-refractivity contribution is 0.101. The number of azo groups is 2. The van der Waals surface area contributed by atoms with Gasteiger partial charge in [-0.3, -0.25) is 9.59 Å². The third kappa shape index (κ3) is 5.78. The molecule has 10 heteroatoms. The Morgan fingerprint density at radius 2 is 1.00 bits per heavy atom. The minimum absolute atomic E-state index is 0.0958. The van der Waals surface area contributed by atoms with Crippen LogP contribution in [-0.2, 0) is 0 Å². The lowest BCUT2D eigenvalue weighted by Gasteiger charge is -2.03. The Balaban J connectivity index is 1.77. The van der Waals surface area contributed by atoms with Crippen LogP contribution in [0.25, 0.3) is 0 Å². The van der Waals surface area contributed by atoms with E-state index in [0.717, 1.165) is 0 Å². The van der Waals surface area contributed by atoms with Crippen LogP contribution >= 0.6 is 0 Å². The summed E-state index contributed by atoms with van der Waals surface area (Å²) in [7, 11) is 0. The largest absolute Gasteiger partial charge is 0.513 e. The third-order valence-corrected chi connectivity index (χ3v) is 4.70. The van der Waals surface area contributed by atoms with Crippen molar-refractivity contribution in [3.8, 4) is 12.1 Å². The summed E-state index contributed by atoms with van der Waals surface area (Å²) in [6.07, 6.45) is 0.984. The molecule has 0 aromatic heterocycles. The number of allylic oxidation sites excluding steroid dienone is 2. The van der Waals surface area contributed by atoms with Crippen LogP contribution in [0.1, 0.15) is 31.8 Å². The van der Waals surface area contributed by atoms with Crippen molar-refractivity contribution in [2.45, 2.75) is 0 Å². The molecule has 36 heavy (non-hydrogen) atoms. The highest BCUT2D eigenvalue weighted by Gasteiger charge is 2.16. The number of rotatable bonds is 8. The summed E-state index contributed by atoms with van der Waals surface area (Å²) in [5.74, 6) is -1.36. The fourth-order valence-corrected chi connectivity index (χ4v) is 2.85. The molecule has 0 fully saturated rings. The van der Waals surface area contributed by atoms with Gasteiger partial charge in [0.25, 0.3) is 0 Å². The summed E-state index contributed by atoms with van der Waals surface area (Å²) < 4.78 is 0. The number of nitrogens with zero attached hydrogens (tertiary/aromatic N) is 6. The van der Waals surface area contributed by atoms with Crippen LogP contribution in [0.15, 0.2) is 117 Å². The average molecular weight is 476 g/mol. The van der Waals surface area contributed by atoms with E-state index in [4.69, 9.17) is 10.5 Å². The van der Waals surface area contributed by atoms with Gasteiger partial charge in [-0.15, -0.1) is 20.5 Å². The molecule has 3 rings (SSSR count). The van der Waals surface area contributed by atoms with Crippen LogP contribution in [0.4, 0.5) is 11.4 Å². The van der Waals surface area contributed by atoms with E-state index in [9.17, 15) is 19.8 Å². The van der Waals surface area contributed by atoms with Gasteiger partial charge in [0, 0.05) is 11.1 Å². The van der Waals surface area contributed by atoms with Crippen molar-refractivity contribution in [2.24, 2.45) is 20.5 Å². The predicted molar refractivity (Wildman–Crippen MR) is 128 cm³/mol. The van der Waals surface area contributed by atoms with Gasteiger partial charge >= 0.3 is 0 Å². The van der Waals surface area contributed by atoms with Gasteiger partial charge in [0.1, 0.15) is 36.0 Å². The molecule has 0 aliphatic carbocycles. The fraction of sp³-hybridized carbons (Fsp3) is 0. The first kappa shape index (κ1) is 24.9. The Bertz CT molecular complexity index is 1390. The van der Waals surface area contributed by atoms with Crippen molar-refractivity contribution >= 4 is 22.9 Å². The smallest absolute Gasteiger partial charge is 0.216 e. The van der Waals surface area contributed by atoms with Gasteiger partial charge in [-0.2, -0.15) is 10.5 Å². The zero-order valence-electron chi connectivity index (χ0n) is 18.5. The molecule has 0 aliphatic rings. The first-order chi connectivity index (χ1) is 17.5. The van der Waals surface area contributed by atoms with Gasteiger partial charge < -0.3 is 10.2 Å². The molecule has 0 unspecified atom stereocenters. The van der Waals surface area contributed by atoms with Crippen LogP contribution in [-0.4, -0.2) is 21.8 Å². The Morgan fingerprint density at radius 3 is 1.33 bits per heavy atom. The Kier molecular flexibility index (Phi) is 8.25. The summed E-state index contributed by atoms with van der Waals surface area (Å²) in [6.45, 7) is 0. The maximum Gasteiger partial charge on any atom is 0.216 e. The second-order valence-corrected chi connectivity index (χ2v) is 6.92. The van der Waals surface area contributed by atoms with Crippen molar-refractivity contribution < 1.29 is 19.8 Å². The van der Waals surface area contributed by atoms with E-state index in [1.807, 2.05) is 12.1 Å². The average Bonchev–Trinajstić information content (AvgIpc) is 2.93. The van der Waals surface area contributed by atoms with Gasteiger partial charge in [0.05, 0.1) is 11.1 Å². The number of aliphatic hydroxyl groups excluding tert-OH is 2. The van der Waals surface area contributed by atoms with Crippen LogP contribution in [0.3, 0.4) is 0 Å². The van der Waals surface area contributed by atoms with Crippen LogP contribution in [0, 0.1) is 22.7 Å². The molecular formula is C26H16N6O4. The third-order valence-electron chi connectivity index (χ3n) is 4.70. The number of nitriles is 2. The summed E-state index contributed by atoms with van der Waals surface area (Å²) in [5.41, 5.74) is 0.359. The highest BCUT2D eigenvalue weighted by molar-refractivity contribution is 6.11. The minimum atomic E-state index is -0.680. The van der Waals surface area contributed by atoms with Crippen molar-refractivity contribution in [2.75, 3.05) is 0 Å². The van der Waals surface area contributed by atoms with Crippen LogP contribution < -0.4 is 0 Å². The molecule has 0 bridgehead atoms. The van der Waals surface area contributed by atoms with Crippen molar-refractivity contribution in [1.82, 2.24) is 0 Å². The molecule has 0 saturated heterocycles. The lowest BCUT2D eigenvalue weighted by atomic mass is 10.0. The zero-order valence-corrected chi connectivity index (χ0v) is 18.5. The van der Waals surface area contributed by atoms with Gasteiger partial charge in [0.2, 0.25) is 11.6 Å². The SMILES string of the molecule is N#Cc1ccccc1N=N/C(=C\O)C(=O)c1ccc(C(=O)/C(=C\O)N=Nc2ccccc2C#N)cc1. The molecule has 10 nitrogen and oxygen atoms in total. The number of Topliss-reactive ketones (excluding diaryl/α,β-unsaturated/α-hetero) is 2. The molecule has 3 aromatic rings. The topological polar surface area (TPSA) is 172 Å². The summed E-state index contributed by atoms with van der Waals surface area (Å²) >= 11 is 0. The first-order valence-corrected chi connectivity index (χ1v) is 10.2. The number of benzene rings is 3. The van der Waals surface area contributed by atoms with E-state index in [1.165, 1.54) is 48.5 Å². The highest BCUT2D eigenvalue weighted by Crippen LogP contribution is 2.22. The summed E-state index contributed by atoms with van der Waals surface area (Å²) in [6, 6.07) is 21.9. The number of hydrogen-bond acceptors (Lipinski definition) is 10.